The molecule has 298 valence electrons. The molecule has 0 saturated heterocycles. The lowest BCUT2D eigenvalue weighted by Gasteiger charge is -2.39. The average Bonchev–Trinajstić information content (AvgIpc) is 3.64. The van der Waals surface area contributed by atoms with Crippen LogP contribution in [-0.2, 0) is 11.8 Å². The fraction of sp³-hybridized carbons (Fsp3) is 0.0678. The van der Waals surface area contributed by atoms with Crippen LogP contribution in [0.4, 0.5) is 0 Å². The summed E-state index contributed by atoms with van der Waals surface area (Å²) in [6.45, 7) is 2.29. The molecule has 1 atom stereocenters. The van der Waals surface area contributed by atoms with Gasteiger partial charge in [-0.05, 0) is 85.8 Å². The van der Waals surface area contributed by atoms with E-state index < -0.39 is 5.41 Å². The zero-order valence-corrected chi connectivity index (χ0v) is 34.7. The predicted molar refractivity (Wildman–Crippen MR) is 255 cm³/mol. The van der Waals surface area contributed by atoms with Gasteiger partial charge in [0, 0.05) is 22.3 Å². The fourth-order valence-electron chi connectivity index (χ4n) is 10.2. The highest BCUT2D eigenvalue weighted by atomic mass is 16.5. The Morgan fingerprint density at radius 3 is 1.63 bits per heavy atom. The number of nitrogens with zero attached hydrogens (tertiary/aromatic N) is 3. The topological polar surface area (TPSA) is 47.9 Å². The minimum absolute atomic E-state index is 0.385. The molecule has 0 N–H and O–H groups in total. The van der Waals surface area contributed by atoms with Crippen molar-refractivity contribution in [2.45, 2.75) is 24.7 Å². The molecule has 2 heterocycles. The lowest BCUT2D eigenvalue weighted by atomic mass is 9.66. The maximum atomic E-state index is 7.09. The molecule has 0 bridgehead atoms. The van der Waals surface area contributed by atoms with Gasteiger partial charge in [0.25, 0.3) is 0 Å². The molecule has 1 unspecified atom stereocenters. The first-order chi connectivity index (χ1) is 31.1. The van der Waals surface area contributed by atoms with Crippen molar-refractivity contribution >= 4 is 10.8 Å². The molecule has 4 heteroatoms. The van der Waals surface area contributed by atoms with Gasteiger partial charge < -0.3 is 4.74 Å². The summed E-state index contributed by atoms with van der Waals surface area (Å²) in [6, 6.07) is 75.5. The van der Waals surface area contributed by atoms with Crippen LogP contribution < -0.4 is 4.74 Å². The molecular weight excluding hydrogens is 767 g/mol. The van der Waals surface area contributed by atoms with E-state index in [0.717, 1.165) is 67.6 Å². The summed E-state index contributed by atoms with van der Waals surface area (Å²) >= 11 is 0. The Kier molecular flexibility index (Phi) is 8.72. The first-order valence-electron chi connectivity index (χ1n) is 21.7. The molecule has 2 aliphatic rings. The molecule has 0 amide bonds. The smallest absolute Gasteiger partial charge is 0.167 e. The quantitative estimate of drug-likeness (QED) is 0.161. The molecule has 9 aromatic carbocycles. The zero-order chi connectivity index (χ0) is 41.9. The Balaban J connectivity index is 1.06. The van der Waals surface area contributed by atoms with Gasteiger partial charge in [0.05, 0.1) is 11.0 Å². The van der Waals surface area contributed by atoms with Crippen molar-refractivity contribution in [3.63, 3.8) is 0 Å². The number of hydrogen-bond acceptors (Lipinski definition) is 4. The van der Waals surface area contributed by atoms with Crippen LogP contribution in [0, 0.1) is 0 Å². The third-order valence-electron chi connectivity index (χ3n) is 13.1. The lowest BCUT2D eigenvalue weighted by Crippen LogP contribution is -2.32. The first-order valence-corrected chi connectivity index (χ1v) is 21.7. The Morgan fingerprint density at radius 1 is 0.397 bits per heavy atom. The Bertz CT molecular complexity index is 3310. The maximum absolute atomic E-state index is 7.09. The molecule has 4 nitrogen and oxygen atoms in total. The minimum Gasteiger partial charge on any atom is -0.456 e. The van der Waals surface area contributed by atoms with E-state index in [1.54, 1.807) is 0 Å². The molecule has 1 spiro atoms. The first kappa shape index (κ1) is 36.9. The van der Waals surface area contributed by atoms with Crippen LogP contribution in [0.15, 0.2) is 212 Å². The number of para-hydroxylation sites is 2. The summed E-state index contributed by atoms with van der Waals surface area (Å²) in [5.74, 6) is 3.72. The van der Waals surface area contributed by atoms with Crippen LogP contribution in [0.2, 0.25) is 0 Å². The SMILES string of the molecule is CC(Cc1ccc(-c2nc(-c3cccc4c3Oc3ccccc3C43c4ccccc4-c4ccccc43)nc(-c3ccc(-c4ccccc4)c4ccccc34)n2)cc1)c1ccccc1. The number of fused-ring (bicyclic) bond motifs is 10. The Labute approximate surface area is 367 Å². The third kappa shape index (κ3) is 5.94. The molecular formula is C59H41N3O. The van der Waals surface area contributed by atoms with E-state index >= 15 is 0 Å². The average molecular weight is 808 g/mol. The van der Waals surface area contributed by atoms with Gasteiger partial charge in [0.1, 0.15) is 11.5 Å². The van der Waals surface area contributed by atoms with Gasteiger partial charge in [0.2, 0.25) is 0 Å². The molecule has 1 aliphatic heterocycles. The Hall–Kier alpha value is -7.95. The van der Waals surface area contributed by atoms with Crippen molar-refractivity contribution in [1.82, 2.24) is 15.0 Å². The van der Waals surface area contributed by atoms with E-state index in [9.17, 15) is 0 Å². The van der Waals surface area contributed by atoms with E-state index in [4.69, 9.17) is 19.7 Å². The van der Waals surface area contributed by atoms with Gasteiger partial charge in [0.15, 0.2) is 17.5 Å². The van der Waals surface area contributed by atoms with Crippen LogP contribution in [0.1, 0.15) is 46.2 Å². The number of benzene rings is 9. The van der Waals surface area contributed by atoms with E-state index in [0.29, 0.717) is 23.4 Å². The summed E-state index contributed by atoms with van der Waals surface area (Å²) in [6.07, 6.45) is 0.931. The monoisotopic (exact) mass is 807 g/mol. The van der Waals surface area contributed by atoms with Gasteiger partial charge in [-0.1, -0.05) is 201 Å². The minimum atomic E-state index is -0.609. The predicted octanol–water partition coefficient (Wildman–Crippen LogP) is 14.5. The van der Waals surface area contributed by atoms with Gasteiger partial charge in [-0.25, -0.2) is 15.0 Å². The second kappa shape index (κ2) is 14.9. The van der Waals surface area contributed by atoms with Crippen LogP contribution in [0.3, 0.4) is 0 Å². The van der Waals surface area contributed by atoms with Gasteiger partial charge in [-0.3, -0.25) is 0 Å². The van der Waals surface area contributed by atoms with Crippen molar-refractivity contribution in [2.75, 3.05) is 0 Å². The van der Waals surface area contributed by atoms with E-state index in [1.165, 1.54) is 33.4 Å². The normalized spacial score (nSPS) is 13.4. The number of rotatable bonds is 7. The molecule has 0 fully saturated rings. The lowest BCUT2D eigenvalue weighted by molar-refractivity contribution is 0.437. The van der Waals surface area contributed by atoms with Crippen molar-refractivity contribution in [2.24, 2.45) is 0 Å². The summed E-state index contributed by atoms with van der Waals surface area (Å²) in [4.78, 5) is 16.1. The van der Waals surface area contributed by atoms with Crippen LogP contribution in [0.5, 0.6) is 11.5 Å². The highest BCUT2D eigenvalue weighted by molar-refractivity contribution is 6.04. The van der Waals surface area contributed by atoms with Crippen LogP contribution in [-0.4, -0.2) is 15.0 Å². The fourth-order valence-corrected chi connectivity index (χ4v) is 10.2. The van der Waals surface area contributed by atoms with Gasteiger partial charge in [-0.15, -0.1) is 0 Å². The molecule has 0 radical (unpaired) electrons. The van der Waals surface area contributed by atoms with Crippen LogP contribution in [0.25, 0.3) is 67.2 Å². The highest BCUT2D eigenvalue weighted by Crippen LogP contribution is 2.63. The third-order valence-corrected chi connectivity index (χ3v) is 13.1. The van der Waals surface area contributed by atoms with Gasteiger partial charge >= 0.3 is 0 Å². The second-order valence-corrected chi connectivity index (χ2v) is 16.7. The summed E-state index contributed by atoms with van der Waals surface area (Å²) in [5.41, 5.74) is 14.1. The number of ether oxygens (including phenoxy) is 1. The molecule has 63 heavy (non-hydrogen) atoms. The standard InChI is InChI=1S/C59H41N3O/c1-38(40-17-4-2-5-18-40)37-39-31-33-42(34-32-39)56-60-57(48-36-35-43(41-19-6-3-7-20-41)44-21-8-9-22-45(44)48)62-58(61-56)49-25-16-29-53-55(49)63-54-30-15-14-28-52(54)59(53)50-26-12-10-23-46(50)47-24-11-13-27-51(47)59/h2-36,38H,37H2,1H3. The summed E-state index contributed by atoms with van der Waals surface area (Å²) in [5, 5.41) is 2.21. The largest absolute Gasteiger partial charge is 0.456 e. The van der Waals surface area contributed by atoms with E-state index in [-0.39, 0.29) is 0 Å². The van der Waals surface area contributed by atoms with Crippen molar-refractivity contribution in [1.29, 1.82) is 0 Å². The highest BCUT2D eigenvalue weighted by Gasteiger charge is 2.51. The summed E-state index contributed by atoms with van der Waals surface area (Å²) in [7, 11) is 0. The summed E-state index contributed by atoms with van der Waals surface area (Å²) < 4.78 is 7.09. The molecule has 1 aromatic heterocycles. The Morgan fingerprint density at radius 2 is 0.921 bits per heavy atom. The number of hydrogen-bond donors (Lipinski definition) is 0. The van der Waals surface area contributed by atoms with E-state index in [2.05, 4.69) is 219 Å². The molecule has 1 aliphatic carbocycles. The molecule has 0 saturated carbocycles. The van der Waals surface area contributed by atoms with Crippen molar-refractivity contribution in [3.8, 4) is 67.9 Å². The maximum Gasteiger partial charge on any atom is 0.167 e. The van der Waals surface area contributed by atoms with Gasteiger partial charge in [-0.2, -0.15) is 0 Å². The molecule has 12 rings (SSSR count). The number of aromatic nitrogens is 3. The van der Waals surface area contributed by atoms with Crippen molar-refractivity contribution in [3.05, 3.63) is 246 Å². The zero-order valence-electron chi connectivity index (χ0n) is 34.7. The second-order valence-electron chi connectivity index (χ2n) is 16.7. The van der Waals surface area contributed by atoms with Crippen LogP contribution >= 0.6 is 0 Å². The van der Waals surface area contributed by atoms with E-state index in [1.807, 2.05) is 0 Å². The van der Waals surface area contributed by atoms with Crippen molar-refractivity contribution < 1.29 is 4.74 Å². The molecule has 10 aromatic rings.